The van der Waals surface area contributed by atoms with Crippen molar-refractivity contribution in [3.8, 4) is 6.07 Å². The van der Waals surface area contributed by atoms with Gasteiger partial charge in [-0.3, -0.25) is 5.32 Å². The van der Waals surface area contributed by atoms with E-state index in [0.717, 1.165) is 0 Å². The number of alkyl carbamates (subject to hydrolysis) is 1. The highest BCUT2D eigenvalue weighted by Crippen LogP contribution is 2.15. The van der Waals surface area contributed by atoms with E-state index in [1.807, 2.05) is 6.07 Å². The quantitative estimate of drug-likeness (QED) is 0.806. The molecule has 0 radical (unpaired) electrons. The van der Waals surface area contributed by atoms with E-state index in [1.54, 1.807) is 45.0 Å². The molecule has 3 N–H and O–H groups in total. The summed E-state index contributed by atoms with van der Waals surface area (Å²) in [5.41, 5.74) is 6.67. The first kappa shape index (κ1) is 19.2. The first-order chi connectivity index (χ1) is 11.3. The van der Waals surface area contributed by atoms with Crippen molar-refractivity contribution in [1.29, 1.82) is 5.26 Å². The fraction of sp³-hybridized carbons (Fsp3) is 0.353. The standard InChI is InChI=1S/C17H22N4O3/c1-17(2,3)24-16(22)21-14(10-19)15(11-23-4)20-13-7-5-6-12(8-13)9-18/h5-8,10H,11,19H2,1-4H3,(H,21,22)/b14-10+,20-15?. The molecule has 1 aromatic carbocycles. The number of aliphatic imine (C=N–C) groups is 1. The number of rotatable bonds is 5. The number of nitrogens with zero attached hydrogens (tertiary/aromatic N) is 2. The van der Waals surface area contributed by atoms with Crippen molar-refractivity contribution in [2.75, 3.05) is 13.7 Å². The second-order valence-corrected chi connectivity index (χ2v) is 5.86. The van der Waals surface area contributed by atoms with Gasteiger partial charge in [0.05, 0.1) is 35.3 Å². The van der Waals surface area contributed by atoms with Gasteiger partial charge >= 0.3 is 6.09 Å². The molecular weight excluding hydrogens is 308 g/mol. The normalized spacial score (nSPS) is 12.5. The van der Waals surface area contributed by atoms with Crippen LogP contribution in [0.15, 0.2) is 41.2 Å². The van der Waals surface area contributed by atoms with E-state index in [2.05, 4.69) is 10.3 Å². The van der Waals surface area contributed by atoms with Crippen LogP contribution in [-0.2, 0) is 9.47 Å². The Hall–Kier alpha value is -2.85. The summed E-state index contributed by atoms with van der Waals surface area (Å²) in [7, 11) is 1.50. The maximum absolute atomic E-state index is 11.9. The van der Waals surface area contributed by atoms with Gasteiger partial charge in [-0.1, -0.05) is 6.07 Å². The lowest BCUT2D eigenvalue weighted by atomic mass is 10.2. The topological polar surface area (TPSA) is 110 Å². The third-order valence-electron chi connectivity index (χ3n) is 2.63. The number of hydrogen-bond donors (Lipinski definition) is 2. The van der Waals surface area contributed by atoms with E-state index < -0.39 is 11.7 Å². The van der Waals surface area contributed by atoms with Crippen LogP contribution >= 0.6 is 0 Å². The predicted octanol–water partition coefficient (Wildman–Crippen LogP) is 2.60. The minimum Gasteiger partial charge on any atom is -0.444 e. The van der Waals surface area contributed by atoms with E-state index >= 15 is 0 Å². The van der Waals surface area contributed by atoms with Crippen LogP contribution < -0.4 is 11.1 Å². The van der Waals surface area contributed by atoms with Crippen molar-refractivity contribution in [2.24, 2.45) is 10.7 Å². The van der Waals surface area contributed by atoms with Crippen molar-refractivity contribution < 1.29 is 14.3 Å². The second kappa shape index (κ2) is 8.70. The van der Waals surface area contributed by atoms with Gasteiger partial charge in [-0.25, -0.2) is 9.79 Å². The number of ether oxygens (including phenoxy) is 2. The number of nitrogens with two attached hydrogens (primary N) is 1. The van der Waals surface area contributed by atoms with Crippen LogP contribution in [0, 0.1) is 11.3 Å². The molecule has 1 rings (SSSR count). The smallest absolute Gasteiger partial charge is 0.412 e. The van der Waals surface area contributed by atoms with Gasteiger partial charge in [-0.15, -0.1) is 0 Å². The molecule has 0 unspecified atom stereocenters. The van der Waals surface area contributed by atoms with Gasteiger partial charge in [-0.05, 0) is 39.0 Å². The maximum Gasteiger partial charge on any atom is 0.412 e. The summed E-state index contributed by atoms with van der Waals surface area (Å²) in [5.74, 6) is 0. The molecule has 0 atom stereocenters. The van der Waals surface area contributed by atoms with Gasteiger partial charge in [0.1, 0.15) is 5.60 Å². The van der Waals surface area contributed by atoms with Crippen molar-refractivity contribution in [3.05, 3.63) is 41.7 Å². The molecule has 7 nitrogen and oxygen atoms in total. The Bertz CT molecular complexity index is 682. The zero-order valence-electron chi connectivity index (χ0n) is 14.3. The van der Waals surface area contributed by atoms with Crippen molar-refractivity contribution in [1.82, 2.24) is 5.32 Å². The van der Waals surface area contributed by atoms with Crippen molar-refractivity contribution in [3.63, 3.8) is 0 Å². The number of methoxy groups -OCH3 is 1. The summed E-state index contributed by atoms with van der Waals surface area (Å²) < 4.78 is 10.3. The van der Waals surface area contributed by atoms with Gasteiger partial charge in [-0.2, -0.15) is 5.26 Å². The van der Waals surface area contributed by atoms with Gasteiger partial charge in [0.25, 0.3) is 0 Å². The maximum atomic E-state index is 11.9. The summed E-state index contributed by atoms with van der Waals surface area (Å²) in [6.45, 7) is 5.40. The Labute approximate surface area is 141 Å². The van der Waals surface area contributed by atoms with Crippen molar-refractivity contribution in [2.45, 2.75) is 26.4 Å². The highest BCUT2D eigenvalue weighted by Gasteiger charge is 2.18. The molecule has 0 saturated carbocycles. The Balaban J connectivity index is 3.05. The molecule has 128 valence electrons. The van der Waals surface area contributed by atoms with Gasteiger partial charge < -0.3 is 15.2 Å². The molecular formula is C17H22N4O3. The van der Waals surface area contributed by atoms with Crippen LogP contribution in [0.2, 0.25) is 0 Å². The van der Waals surface area contributed by atoms with Crippen molar-refractivity contribution >= 4 is 17.5 Å². The molecule has 0 heterocycles. The minimum atomic E-state index is -0.645. The predicted molar refractivity (Wildman–Crippen MR) is 91.8 cm³/mol. The van der Waals surface area contributed by atoms with Crippen LogP contribution in [0.4, 0.5) is 10.5 Å². The number of hydrogen-bond acceptors (Lipinski definition) is 6. The lowest BCUT2D eigenvalue weighted by molar-refractivity contribution is 0.0548. The third-order valence-corrected chi connectivity index (χ3v) is 2.63. The molecule has 0 fully saturated rings. The monoisotopic (exact) mass is 330 g/mol. The van der Waals surface area contributed by atoms with Crippen LogP contribution in [-0.4, -0.2) is 31.1 Å². The Morgan fingerprint density at radius 3 is 2.71 bits per heavy atom. The summed E-state index contributed by atoms with van der Waals surface area (Å²) in [5, 5.41) is 11.5. The SMILES string of the molecule is COCC(=Nc1cccc(C#N)c1)/C(=C\N)NC(=O)OC(C)(C)C. The third kappa shape index (κ3) is 6.50. The molecule has 1 amide bonds. The fourth-order valence-electron chi connectivity index (χ4n) is 1.73. The van der Waals surface area contributed by atoms with Crippen LogP contribution in [0.1, 0.15) is 26.3 Å². The lowest BCUT2D eigenvalue weighted by Crippen LogP contribution is -2.35. The number of carbonyl (C=O) groups excluding carboxylic acids is 1. The Morgan fingerprint density at radius 1 is 1.46 bits per heavy atom. The molecule has 0 aromatic heterocycles. The minimum absolute atomic E-state index is 0.121. The zero-order chi connectivity index (χ0) is 18.2. The Morgan fingerprint density at radius 2 is 2.17 bits per heavy atom. The van der Waals surface area contributed by atoms with Crippen LogP contribution in [0.3, 0.4) is 0 Å². The average Bonchev–Trinajstić information content (AvgIpc) is 2.50. The highest BCUT2D eigenvalue weighted by atomic mass is 16.6. The van der Waals surface area contributed by atoms with E-state index in [4.69, 9.17) is 20.5 Å². The van der Waals surface area contributed by atoms with E-state index in [0.29, 0.717) is 17.0 Å². The molecule has 0 aliphatic rings. The van der Waals surface area contributed by atoms with Gasteiger partial charge in [0.15, 0.2) is 0 Å². The van der Waals surface area contributed by atoms with Crippen LogP contribution in [0.25, 0.3) is 0 Å². The second-order valence-electron chi connectivity index (χ2n) is 5.86. The number of nitrogens with one attached hydrogen (secondary N) is 1. The summed E-state index contributed by atoms with van der Waals surface area (Å²) >= 11 is 0. The molecule has 1 aromatic rings. The molecule has 7 heteroatoms. The Kier molecular flexibility index (Phi) is 6.96. The molecule has 0 saturated heterocycles. The van der Waals surface area contributed by atoms with Gasteiger partial charge in [0.2, 0.25) is 0 Å². The molecule has 24 heavy (non-hydrogen) atoms. The number of nitriles is 1. The average molecular weight is 330 g/mol. The zero-order valence-corrected chi connectivity index (χ0v) is 14.3. The summed E-state index contributed by atoms with van der Waals surface area (Å²) in [4.78, 5) is 16.3. The molecule has 0 spiro atoms. The fourth-order valence-corrected chi connectivity index (χ4v) is 1.73. The van der Waals surface area contributed by atoms with E-state index in [-0.39, 0.29) is 12.3 Å². The first-order valence-electron chi connectivity index (χ1n) is 7.28. The first-order valence-corrected chi connectivity index (χ1v) is 7.28. The number of benzene rings is 1. The molecule has 0 aliphatic carbocycles. The largest absolute Gasteiger partial charge is 0.444 e. The highest BCUT2D eigenvalue weighted by molar-refractivity contribution is 6.04. The number of carbonyl (C=O) groups is 1. The summed E-state index contributed by atoms with van der Waals surface area (Å²) in [6.07, 6.45) is 0.574. The van der Waals surface area contributed by atoms with E-state index in [1.165, 1.54) is 13.3 Å². The van der Waals surface area contributed by atoms with Crippen LogP contribution in [0.5, 0.6) is 0 Å². The lowest BCUT2D eigenvalue weighted by Gasteiger charge is -2.20. The van der Waals surface area contributed by atoms with E-state index in [9.17, 15) is 4.79 Å². The van der Waals surface area contributed by atoms with Gasteiger partial charge in [0, 0.05) is 13.3 Å². The molecule has 0 aliphatic heterocycles. The number of amides is 1. The summed E-state index contributed by atoms with van der Waals surface area (Å²) in [6, 6.07) is 8.79. The molecule has 0 bridgehead atoms.